The second-order valence-corrected chi connectivity index (χ2v) is 4.11. The van der Waals surface area contributed by atoms with E-state index in [4.69, 9.17) is 9.47 Å². The van der Waals surface area contributed by atoms with Crippen LogP contribution >= 0.6 is 0 Å². The van der Waals surface area contributed by atoms with Crippen LogP contribution in [0.15, 0.2) is 30.3 Å². The lowest BCUT2D eigenvalue weighted by atomic mass is 10.00. The van der Waals surface area contributed by atoms with Gasteiger partial charge in [-0.1, -0.05) is 18.2 Å². The van der Waals surface area contributed by atoms with Gasteiger partial charge in [0.15, 0.2) is 0 Å². The largest absolute Gasteiger partial charge is 0.490 e. The number of carbonyl (C=O) groups is 1. The third-order valence-corrected chi connectivity index (χ3v) is 2.68. The molecule has 0 unspecified atom stereocenters. The van der Waals surface area contributed by atoms with Crippen LogP contribution in [0.25, 0.3) is 0 Å². The zero-order valence-corrected chi connectivity index (χ0v) is 9.72. The Kier molecular flexibility index (Phi) is 4.38. The molecular weight excluding hydrogens is 218 g/mol. The highest BCUT2D eigenvalue weighted by molar-refractivity contribution is 5.69. The number of carbonyl (C=O) groups excluding carboxylic acids is 1. The Bertz CT molecular complexity index is 349. The predicted octanol–water partition coefficient (Wildman–Crippen LogP) is 1.22. The molecule has 0 bridgehead atoms. The molecule has 4 nitrogen and oxygen atoms in total. The summed E-state index contributed by atoms with van der Waals surface area (Å²) in [7, 11) is 0. The summed E-state index contributed by atoms with van der Waals surface area (Å²) in [4.78, 5) is 11.4. The molecule has 4 heteroatoms. The van der Waals surface area contributed by atoms with Gasteiger partial charge in [-0.2, -0.15) is 0 Å². The minimum absolute atomic E-state index is 0.131. The van der Waals surface area contributed by atoms with Crippen LogP contribution in [0.2, 0.25) is 0 Å². The zero-order chi connectivity index (χ0) is 11.9. The maximum absolute atomic E-state index is 11.4. The van der Waals surface area contributed by atoms with Crippen LogP contribution in [0, 0.1) is 5.92 Å². The monoisotopic (exact) mass is 235 g/mol. The molecule has 1 N–H and O–H groups in total. The van der Waals surface area contributed by atoms with E-state index in [9.17, 15) is 4.79 Å². The molecule has 0 aliphatic carbocycles. The molecule has 2 rings (SSSR count). The Hall–Kier alpha value is -1.55. The van der Waals surface area contributed by atoms with Crippen LogP contribution in [-0.4, -0.2) is 32.3 Å². The predicted molar refractivity (Wildman–Crippen MR) is 63.9 cm³/mol. The van der Waals surface area contributed by atoms with Crippen LogP contribution in [0.1, 0.15) is 6.42 Å². The van der Waals surface area contributed by atoms with Gasteiger partial charge in [-0.3, -0.25) is 4.79 Å². The van der Waals surface area contributed by atoms with E-state index in [1.165, 1.54) is 0 Å². The van der Waals surface area contributed by atoms with E-state index < -0.39 is 0 Å². The molecule has 1 aromatic rings. The van der Waals surface area contributed by atoms with E-state index in [2.05, 4.69) is 5.32 Å². The van der Waals surface area contributed by atoms with E-state index in [0.29, 0.717) is 25.6 Å². The molecule has 1 aromatic carbocycles. The summed E-state index contributed by atoms with van der Waals surface area (Å²) in [6.45, 7) is 2.57. The number of ether oxygens (including phenoxy) is 2. The van der Waals surface area contributed by atoms with Crippen molar-refractivity contribution in [3.05, 3.63) is 30.3 Å². The fourth-order valence-electron chi connectivity index (χ4n) is 1.62. The molecule has 0 aromatic heterocycles. The van der Waals surface area contributed by atoms with E-state index in [1.807, 2.05) is 30.3 Å². The number of rotatable bonds is 6. The molecule has 1 aliphatic rings. The molecule has 0 amide bonds. The van der Waals surface area contributed by atoms with Gasteiger partial charge in [0, 0.05) is 0 Å². The topological polar surface area (TPSA) is 47.6 Å². The van der Waals surface area contributed by atoms with Crippen molar-refractivity contribution in [2.45, 2.75) is 6.42 Å². The van der Waals surface area contributed by atoms with Crippen LogP contribution in [0.3, 0.4) is 0 Å². The lowest BCUT2D eigenvalue weighted by Gasteiger charge is -2.25. The Balaban J connectivity index is 1.55. The van der Waals surface area contributed by atoms with Crippen LogP contribution in [0.5, 0.6) is 5.75 Å². The molecule has 0 spiro atoms. The lowest BCUT2D eigenvalue weighted by Crippen LogP contribution is -2.43. The van der Waals surface area contributed by atoms with Crippen molar-refractivity contribution in [3.8, 4) is 5.75 Å². The van der Waals surface area contributed by atoms with E-state index in [0.717, 1.165) is 18.8 Å². The number of hydrogen-bond donors (Lipinski definition) is 1. The minimum atomic E-state index is -0.131. The maximum Gasteiger partial charge on any atom is 0.306 e. The lowest BCUT2D eigenvalue weighted by molar-refractivity contribution is -0.145. The van der Waals surface area contributed by atoms with Gasteiger partial charge in [-0.15, -0.1) is 0 Å². The molecule has 17 heavy (non-hydrogen) atoms. The highest BCUT2D eigenvalue weighted by Crippen LogP contribution is 2.10. The van der Waals surface area contributed by atoms with Gasteiger partial charge in [-0.25, -0.2) is 0 Å². The molecule has 1 aliphatic heterocycles. The zero-order valence-electron chi connectivity index (χ0n) is 9.72. The van der Waals surface area contributed by atoms with E-state index in [1.54, 1.807) is 0 Å². The first kappa shape index (κ1) is 11.9. The number of para-hydroxylation sites is 1. The van der Waals surface area contributed by atoms with Gasteiger partial charge in [0.2, 0.25) is 0 Å². The molecule has 1 heterocycles. The van der Waals surface area contributed by atoms with Crippen molar-refractivity contribution in [1.82, 2.24) is 5.32 Å². The van der Waals surface area contributed by atoms with E-state index >= 15 is 0 Å². The Morgan fingerprint density at radius 2 is 2.00 bits per heavy atom. The van der Waals surface area contributed by atoms with Gasteiger partial charge < -0.3 is 14.8 Å². The molecular formula is C13H17NO3. The van der Waals surface area contributed by atoms with Crippen molar-refractivity contribution < 1.29 is 14.3 Å². The molecule has 1 fully saturated rings. The summed E-state index contributed by atoms with van der Waals surface area (Å²) >= 11 is 0. The summed E-state index contributed by atoms with van der Waals surface area (Å²) < 4.78 is 10.5. The smallest absolute Gasteiger partial charge is 0.306 e. The van der Waals surface area contributed by atoms with Crippen molar-refractivity contribution >= 4 is 5.97 Å². The second-order valence-electron chi connectivity index (χ2n) is 4.11. The molecule has 92 valence electrons. The van der Waals surface area contributed by atoms with Gasteiger partial charge in [-0.05, 0) is 31.1 Å². The van der Waals surface area contributed by atoms with Crippen molar-refractivity contribution in [3.63, 3.8) is 0 Å². The Morgan fingerprint density at radius 3 is 2.65 bits per heavy atom. The first-order valence-electron chi connectivity index (χ1n) is 5.89. The molecule has 1 saturated heterocycles. The fourth-order valence-corrected chi connectivity index (χ4v) is 1.62. The van der Waals surface area contributed by atoms with Crippen LogP contribution in [-0.2, 0) is 9.53 Å². The quantitative estimate of drug-likeness (QED) is 0.595. The molecule has 0 atom stereocenters. The summed E-state index contributed by atoms with van der Waals surface area (Å²) in [5.74, 6) is 1.12. The Labute approximate surface area is 101 Å². The van der Waals surface area contributed by atoms with Gasteiger partial charge in [0.25, 0.3) is 0 Å². The molecule has 0 radical (unpaired) electrons. The normalized spacial score (nSPS) is 15.1. The van der Waals surface area contributed by atoms with Crippen molar-refractivity contribution in [2.24, 2.45) is 5.92 Å². The van der Waals surface area contributed by atoms with Gasteiger partial charge in [0.1, 0.15) is 19.0 Å². The average Bonchev–Trinajstić information content (AvgIpc) is 2.31. The third-order valence-electron chi connectivity index (χ3n) is 2.68. The third kappa shape index (κ3) is 4.07. The summed E-state index contributed by atoms with van der Waals surface area (Å²) in [5.41, 5.74) is 0. The van der Waals surface area contributed by atoms with Crippen LogP contribution in [0.4, 0.5) is 0 Å². The Morgan fingerprint density at radius 1 is 1.24 bits per heavy atom. The minimum Gasteiger partial charge on any atom is -0.490 e. The second kappa shape index (κ2) is 6.25. The van der Waals surface area contributed by atoms with E-state index in [-0.39, 0.29) is 5.97 Å². The fraction of sp³-hybridized carbons (Fsp3) is 0.462. The summed E-state index contributed by atoms with van der Waals surface area (Å²) in [6.07, 6.45) is 0.512. The van der Waals surface area contributed by atoms with Gasteiger partial charge in [0.05, 0.1) is 6.42 Å². The van der Waals surface area contributed by atoms with Crippen molar-refractivity contribution in [2.75, 3.05) is 26.3 Å². The number of esters is 1. The van der Waals surface area contributed by atoms with Crippen molar-refractivity contribution in [1.29, 1.82) is 0 Å². The first-order valence-corrected chi connectivity index (χ1v) is 5.89. The maximum atomic E-state index is 11.4. The average molecular weight is 235 g/mol. The number of benzene rings is 1. The standard InChI is InChI=1S/C13H17NO3/c15-13(8-11-9-14-10-11)17-7-6-16-12-4-2-1-3-5-12/h1-5,11,14H,6-10H2. The summed E-state index contributed by atoms with van der Waals surface area (Å²) in [6, 6.07) is 9.50. The number of hydrogen-bond acceptors (Lipinski definition) is 4. The van der Waals surface area contributed by atoms with Crippen LogP contribution < -0.4 is 10.1 Å². The SMILES string of the molecule is O=C(CC1CNC1)OCCOc1ccccc1. The highest BCUT2D eigenvalue weighted by Gasteiger charge is 2.20. The first-order chi connectivity index (χ1) is 8.34. The number of nitrogens with one attached hydrogen (secondary N) is 1. The van der Waals surface area contributed by atoms with Gasteiger partial charge >= 0.3 is 5.97 Å². The highest BCUT2D eigenvalue weighted by atomic mass is 16.6. The summed E-state index contributed by atoms with van der Waals surface area (Å²) in [5, 5.41) is 3.12. The molecule has 0 saturated carbocycles.